The van der Waals surface area contributed by atoms with Crippen LogP contribution < -0.4 is 5.32 Å². The Kier molecular flexibility index (Phi) is 21.2. The Bertz CT molecular complexity index is 518. The maximum atomic E-state index is 10.5. The van der Waals surface area contributed by atoms with Crippen molar-refractivity contribution < 1.29 is 23.9 Å². The van der Waals surface area contributed by atoms with Crippen LogP contribution in [0.5, 0.6) is 0 Å². The first-order valence-corrected chi connectivity index (χ1v) is 8.97. The summed E-state index contributed by atoms with van der Waals surface area (Å²) in [6, 6.07) is 24.0. The van der Waals surface area contributed by atoms with Crippen molar-refractivity contribution >= 4 is 17.8 Å². The molecule has 6 heteroatoms. The molecule has 0 fully saturated rings. The van der Waals surface area contributed by atoms with Crippen LogP contribution in [-0.4, -0.2) is 37.6 Å². The first-order chi connectivity index (χ1) is 13.4. The molecule has 2 rings (SSSR count). The van der Waals surface area contributed by atoms with Crippen LogP contribution in [0.1, 0.15) is 27.7 Å². The monoisotopic (exact) mass is 389 g/mol. The van der Waals surface area contributed by atoms with Gasteiger partial charge in [-0.3, -0.25) is 9.59 Å². The van der Waals surface area contributed by atoms with Gasteiger partial charge in [-0.05, 0) is 20.8 Å². The van der Waals surface area contributed by atoms with Crippen molar-refractivity contribution in [3.63, 3.8) is 0 Å². The van der Waals surface area contributed by atoms with Gasteiger partial charge in [0.2, 0.25) is 0 Å². The third-order valence-corrected chi connectivity index (χ3v) is 2.44. The molecular weight excluding hydrogens is 358 g/mol. The third-order valence-electron chi connectivity index (χ3n) is 2.44. The Hall–Kier alpha value is -3.15. The van der Waals surface area contributed by atoms with Gasteiger partial charge in [-0.15, -0.1) is 0 Å². The first kappa shape index (κ1) is 27.1. The predicted molar refractivity (Wildman–Crippen MR) is 111 cm³/mol. The molecule has 0 saturated heterocycles. The molecule has 0 radical (unpaired) electrons. The topological polar surface area (TPSA) is 81.7 Å². The van der Waals surface area contributed by atoms with Gasteiger partial charge in [0, 0.05) is 6.92 Å². The van der Waals surface area contributed by atoms with Gasteiger partial charge in [0.05, 0.1) is 19.8 Å². The molecule has 0 aromatic heterocycles. The molecule has 0 aliphatic rings. The highest BCUT2D eigenvalue weighted by atomic mass is 16.5. The molecule has 1 amide bonds. The van der Waals surface area contributed by atoms with Crippen molar-refractivity contribution in [2.75, 3.05) is 19.8 Å². The molecular formula is C22H31NO5. The van der Waals surface area contributed by atoms with Crippen molar-refractivity contribution in [2.45, 2.75) is 27.7 Å². The number of carbonyl (C=O) groups excluding carboxylic acids is 3. The summed E-state index contributed by atoms with van der Waals surface area (Å²) in [7, 11) is 0. The molecule has 28 heavy (non-hydrogen) atoms. The summed E-state index contributed by atoms with van der Waals surface area (Å²) in [4.78, 5) is 30.6. The zero-order chi connectivity index (χ0) is 21.5. The highest BCUT2D eigenvalue weighted by molar-refractivity contribution is 5.81. The SMILES string of the molecule is CCOC(=O)NCC(C)=O.CCOC(C)=O.c1ccccc1.c1ccccc1. The van der Waals surface area contributed by atoms with E-state index in [2.05, 4.69) is 14.8 Å². The largest absolute Gasteiger partial charge is 0.466 e. The lowest BCUT2D eigenvalue weighted by molar-refractivity contribution is -0.140. The van der Waals surface area contributed by atoms with E-state index >= 15 is 0 Å². The number of Topliss-reactive ketones (excluding diaryl/α,β-unsaturated/α-hetero) is 1. The van der Waals surface area contributed by atoms with E-state index in [4.69, 9.17) is 0 Å². The van der Waals surface area contributed by atoms with E-state index in [-0.39, 0.29) is 18.3 Å². The van der Waals surface area contributed by atoms with E-state index in [1.165, 1.54) is 13.8 Å². The fourth-order valence-corrected chi connectivity index (χ4v) is 1.35. The quantitative estimate of drug-likeness (QED) is 0.790. The highest BCUT2D eigenvalue weighted by Crippen LogP contribution is 1.80. The van der Waals surface area contributed by atoms with E-state index in [0.29, 0.717) is 13.2 Å². The van der Waals surface area contributed by atoms with Gasteiger partial charge in [0.1, 0.15) is 5.78 Å². The number of hydrogen-bond acceptors (Lipinski definition) is 5. The minimum Gasteiger partial charge on any atom is -0.466 e. The van der Waals surface area contributed by atoms with Crippen LogP contribution in [0.3, 0.4) is 0 Å². The maximum absolute atomic E-state index is 10.5. The molecule has 0 unspecified atom stereocenters. The predicted octanol–water partition coefficient (Wildman–Crippen LogP) is 4.26. The molecule has 2 aromatic carbocycles. The van der Waals surface area contributed by atoms with Gasteiger partial charge < -0.3 is 14.8 Å². The van der Waals surface area contributed by atoms with Gasteiger partial charge in [-0.2, -0.15) is 0 Å². The number of nitrogens with one attached hydrogen (secondary N) is 1. The Balaban J connectivity index is 0. The summed E-state index contributed by atoms with van der Waals surface area (Å²) in [6.07, 6.45) is -0.544. The summed E-state index contributed by atoms with van der Waals surface area (Å²) in [5, 5.41) is 2.27. The van der Waals surface area contributed by atoms with Gasteiger partial charge >= 0.3 is 12.1 Å². The van der Waals surface area contributed by atoms with Gasteiger partial charge in [0.25, 0.3) is 0 Å². The molecule has 0 bridgehead atoms. The van der Waals surface area contributed by atoms with Crippen LogP contribution in [0, 0.1) is 0 Å². The zero-order valence-electron chi connectivity index (χ0n) is 17.1. The fraction of sp³-hybridized carbons (Fsp3) is 0.318. The second-order valence-corrected chi connectivity index (χ2v) is 5.01. The van der Waals surface area contributed by atoms with Crippen molar-refractivity contribution in [3.05, 3.63) is 72.8 Å². The van der Waals surface area contributed by atoms with Crippen molar-refractivity contribution in [2.24, 2.45) is 0 Å². The average Bonchev–Trinajstić information content (AvgIpc) is 2.71. The van der Waals surface area contributed by atoms with E-state index in [0.717, 1.165) is 0 Å². The molecule has 0 heterocycles. The highest BCUT2D eigenvalue weighted by Gasteiger charge is 1.99. The van der Waals surface area contributed by atoms with Crippen LogP contribution in [0.25, 0.3) is 0 Å². The van der Waals surface area contributed by atoms with Crippen molar-refractivity contribution in [1.82, 2.24) is 5.32 Å². The minimum atomic E-state index is -0.544. The van der Waals surface area contributed by atoms with Crippen LogP contribution in [0.4, 0.5) is 4.79 Å². The number of esters is 1. The summed E-state index contributed by atoms with van der Waals surface area (Å²) >= 11 is 0. The van der Waals surface area contributed by atoms with E-state index in [1.54, 1.807) is 13.8 Å². The smallest absolute Gasteiger partial charge is 0.407 e. The normalized spacial score (nSPS) is 8.14. The van der Waals surface area contributed by atoms with Crippen LogP contribution in [0.15, 0.2) is 72.8 Å². The van der Waals surface area contributed by atoms with Crippen molar-refractivity contribution in [3.8, 4) is 0 Å². The number of ketones is 1. The molecule has 6 nitrogen and oxygen atoms in total. The van der Waals surface area contributed by atoms with Gasteiger partial charge in [-0.25, -0.2) is 4.79 Å². The van der Waals surface area contributed by atoms with Crippen molar-refractivity contribution in [1.29, 1.82) is 0 Å². The Morgan fingerprint density at radius 3 is 1.14 bits per heavy atom. The van der Waals surface area contributed by atoms with Crippen LogP contribution >= 0.6 is 0 Å². The molecule has 0 aliphatic heterocycles. The average molecular weight is 389 g/mol. The number of hydrogen-bond donors (Lipinski definition) is 1. The zero-order valence-corrected chi connectivity index (χ0v) is 17.1. The summed E-state index contributed by atoms with van der Waals surface area (Å²) < 4.78 is 8.89. The van der Waals surface area contributed by atoms with E-state index < -0.39 is 6.09 Å². The number of rotatable bonds is 4. The maximum Gasteiger partial charge on any atom is 0.407 e. The Morgan fingerprint density at radius 2 is 0.964 bits per heavy atom. The first-order valence-electron chi connectivity index (χ1n) is 8.97. The summed E-state index contributed by atoms with van der Waals surface area (Å²) in [5.41, 5.74) is 0. The van der Waals surface area contributed by atoms with Crippen LogP contribution in [-0.2, 0) is 19.1 Å². The molecule has 154 valence electrons. The number of amides is 1. The molecule has 0 saturated carbocycles. The number of alkyl carbamates (subject to hydrolysis) is 1. The molecule has 0 aliphatic carbocycles. The van der Waals surface area contributed by atoms with E-state index in [1.807, 2.05) is 72.8 Å². The second-order valence-electron chi connectivity index (χ2n) is 5.01. The summed E-state index contributed by atoms with van der Waals surface area (Å²) in [5.74, 6) is -0.300. The number of ether oxygens (including phenoxy) is 2. The van der Waals surface area contributed by atoms with E-state index in [9.17, 15) is 14.4 Å². The summed E-state index contributed by atoms with van der Waals surface area (Å²) in [6.45, 7) is 7.11. The second kappa shape index (κ2) is 21.9. The lowest BCUT2D eigenvalue weighted by atomic mass is 10.4. The fourth-order valence-electron chi connectivity index (χ4n) is 1.35. The molecule has 0 atom stereocenters. The standard InChI is InChI=1S/C6H11NO3.2C6H6.C4H8O2/c1-3-10-6(9)7-4-5(2)8;2*1-2-4-6-5-3-1;1-3-6-4(2)5/h3-4H2,1-2H3,(H,7,9);2*1-6H;3H2,1-2H3. The Labute approximate surface area is 167 Å². The van der Waals surface area contributed by atoms with Gasteiger partial charge in [-0.1, -0.05) is 72.8 Å². The molecule has 0 spiro atoms. The number of benzene rings is 2. The minimum absolute atomic E-state index is 0.0405. The third kappa shape index (κ3) is 27.7. The Morgan fingerprint density at radius 1 is 0.643 bits per heavy atom. The lowest BCUT2D eigenvalue weighted by Gasteiger charge is -2.00. The number of carbonyl (C=O) groups is 3. The lowest BCUT2D eigenvalue weighted by Crippen LogP contribution is -2.28. The van der Waals surface area contributed by atoms with Gasteiger partial charge in [0.15, 0.2) is 0 Å². The molecule has 2 aromatic rings. The van der Waals surface area contributed by atoms with Crippen LogP contribution in [0.2, 0.25) is 0 Å². The molecule has 1 N–H and O–H groups in total.